The van der Waals surface area contributed by atoms with Gasteiger partial charge in [-0.2, -0.15) is 5.10 Å². The number of nitrogens with zero attached hydrogens (tertiary/aromatic N) is 2. The van der Waals surface area contributed by atoms with Crippen molar-refractivity contribution in [1.82, 2.24) is 9.78 Å². The number of aromatic nitrogens is 2. The van der Waals surface area contributed by atoms with E-state index in [0.29, 0.717) is 13.1 Å². The molecule has 1 heterocycles. The number of aliphatic hydroxyl groups is 1. The summed E-state index contributed by atoms with van der Waals surface area (Å²) in [5.74, 6) is -0.235. The zero-order chi connectivity index (χ0) is 13.0. The van der Waals surface area contributed by atoms with Gasteiger partial charge in [0.25, 0.3) is 0 Å². The van der Waals surface area contributed by atoms with Crippen molar-refractivity contribution < 1.29 is 9.50 Å². The third-order valence-corrected chi connectivity index (χ3v) is 3.32. The van der Waals surface area contributed by atoms with Crippen LogP contribution in [0.3, 0.4) is 0 Å². The lowest BCUT2D eigenvalue weighted by molar-refractivity contribution is 0.269. The Morgan fingerprint density at radius 2 is 2.28 bits per heavy atom. The minimum atomic E-state index is -0.235. The van der Waals surface area contributed by atoms with Gasteiger partial charge in [0.2, 0.25) is 0 Å². The summed E-state index contributed by atoms with van der Waals surface area (Å²) in [6.07, 6.45) is 3.62. The maximum Gasteiger partial charge on any atom is 0.124 e. The van der Waals surface area contributed by atoms with Gasteiger partial charge in [-0.1, -0.05) is 0 Å². The Kier molecular flexibility index (Phi) is 4.54. The Hall–Kier alpha value is -1.15. The normalized spacial score (nSPS) is 10.6. The Morgan fingerprint density at radius 3 is 3.00 bits per heavy atom. The SMILES string of the molecule is OCCn1cc(CNc2ccc(F)cc2I)cn1. The molecule has 0 saturated carbocycles. The standard InChI is InChI=1S/C12H13FIN3O/c13-10-1-2-12(11(14)5-10)15-6-9-7-16-17(8-9)3-4-18/h1-2,5,7-8,15,18H,3-4,6H2. The first-order chi connectivity index (χ1) is 8.69. The van der Waals surface area contributed by atoms with E-state index < -0.39 is 0 Å². The first kappa shape index (κ1) is 13.3. The smallest absolute Gasteiger partial charge is 0.124 e. The van der Waals surface area contributed by atoms with E-state index in [1.165, 1.54) is 12.1 Å². The van der Waals surface area contributed by atoms with Gasteiger partial charge in [0.05, 0.1) is 19.3 Å². The van der Waals surface area contributed by atoms with Gasteiger partial charge in [0, 0.05) is 27.6 Å². The summed E-state index contributed by atoms with van der Waals surface area (Å²) in [6.45, 7) is 1.19. The number of aliphatic hydroxyl groups excluding tert-OH is 1. The van der Waals surface area contributed by atoms with E-state index in [1.54, 1.807) is 16.9 Å². The molecule has 0 saturated heterocycles. The van der Waals surface area contributed by atoms with Gasteiger partial charge in [0.15, 0.2) is 0 Å². The van der Waals surface area contributed by atoms with Crippen molar-refractivity contribution in [1.29, 1.82) is 0 Å². The molecule has 18 heavy (non-hydrogen) atoms. The second-order valence-electron chi connectivity index (χ2n) is 3.81. The van der Waals surface area contributed by atoms with Crippen LogP contribution in [-0.2, 0) is 13.1 Å². The van der Waals surface area contributed by atoms with E-state index in [4.69, 9.17) is 5.11 Å². The average molecular weight is 361 g/mol. The number of rotatable bonds is 5. The summed E-state index contributed by atoms with van der Waals surface area (Å²) in [5.41, 5.74) is 1.91. The van der Waals surface area contributed by atoms with Gasteiger partial charge in [-0.25, -0.2) is 4.39 Å². The maximum absolute atomic E-state index is 12.9. The molecule has 1 aromatic carbocycles. The van der Waals surface area contributed by atoms with Crippen LogP contribution >= 0.6 is 22.6 Å². The molecule has 0 unspecified atom stereocenters. The van der Waals surface area contributed by atoms with Crippen LogP contribution in [-0.4, -0.2) is 21.5 Å². The molecule has 96 valence electrons. The summed E-state index contributed by atoms with van der Waals surface area (Å²) in [7, 11) is 0. The third-order valence-electron chi connectivity index (χ3n) is 2.43. The predicted molar refractivity (Wildman–Crippen MR) is 75.8 cm³/mol. The van der Waals surface area contributed by atoms with Crippen LogP contribution in [0, 0.1) is 9.39 Å². The summed E-state index contributed by atoms with van der Waals surface area (Å²) in [6, 6.07) is 4.63. The van der Waals surface area contributed by atoms with E-state index >= 15 is 0 Å². The monoisotopic (exact) mass is 361 g/mol. The Morgan fingerprint density at radius 1 is 1.44 bits per heavy atom. The summed E-state index contributed by atoms with van der Waals surface area (Å²) >= 11 is 2.09. The van der Waals surface area contributed by atoms with Gasteiger partial charge >= 0.3 is 0 Å². The fourth-order valence-corrected chi connectivity index (χ4v) is 2.22. The summed E-state index contributed by atoms with van der Waals surface area (Å²) in [4.78, 5) is 0. The van der Waals surface area contributed by atoms with Gasteiger partial charge in [0.1, 0.15) is 5.82 Å². The maximum atomic E-state index is 12.9. The second-order valence-corrected chi connectivity index (χ2v) is 4.98. The lowest BCUT2D eigenvalue weighted by atomic mass is 10.3. The highest BCUT2D eigenvalue weighted by atomic mass is 127. The molecule has 6 heteroatoms. The van der Waals surface area contributed by atoms with Crippen LogP contribution in [0.1, 0.15) is 5.56 Å². The molecule has 1 aromatic heterocycles. The van der Waals surface area contributed by atoms with Crippen molar-refractivity contribution in [3.05, 3.63) is 45.5 Å². The molecular weight excluding hydrogens is 348 g/mol. The molecular formula is C12H13FIN3O. The molecule has 0 spiro atoms. The molecule has 0 aliphatic rings. The predicted octanol–water partition coefficient (Wildman–Crippen LogP) is 2.23. The molecule has 2 N–H and O–H groups in total. The Labute approximate surface area is 118 Å². The highest BCUT2D eigenvalue weighted by Crippen LogP contribution is 2.19. The van der Waals surface area contributed by atoms with Crippen LogP contribution < -0.4 is 5.32 Å². The van der Waals surface area contributed by atoms with Crippen LogP contribution in [0.4, 0.5) is 10.1 Å². The second kappa shape index (κ2) is 6.14. The Balaban J connectivity index is 1.97. The topological polar surface area (TPSA) is 50.1 Å². The van der Waals surface area contributed by atoms with Crippen LogP contribution in [0.25, 0.3) is 0 Å². The molecule has 0 atom stereocenters. The van der Waals surface area contributed by atoms with Crippen molar-refractivity contribution in [3.8, 4) is 0 Å². The third kappa shape index (κ3) is 3.42. The van der Waals surface area contributed by atoms with E-state index in [1.807, 2.05) is 6.20 Å². The number of hydrogen-bond acceptors (Lipinski definition) is 3. The lowest BCUT2D eigenvalue weighted by Crippen LogP contribution is -2.02. The fraction of sp³-hybridized carbons (Fsp3) is 0.250. The van der Waals surface area contributed by atoms with Crippen molar-refractivity contribution in [2.24, 2.45) is 0 Å². The van der Waals surface area contributed by atoms with Crippen molar-refractivity contribution in [3.63, 3.8) is 0 Å². The zero-order valence-corrected chi connectivity index (χ0v) is 11.8. The zero-order valence-electron chi connectivity index (χ0n) is 9.61. The number of halogens is 2. The van der Waals surface area contributed by atoms with Crippen LogP contribution in [0.15, 0.2) is 30.6 Å². The number of nitrogens with one attached hydrogen (secondary N) is 1. The molecule has 0 radical (unpaired) electrons. The molecule has 0 aliphatic carbocycles. The van der Waals surface area contributed by atoms with Crippen molar-refractivity contribution in [2.75, 3.05) is 11.9 Å². The van der Waals surface area contributed by atoms with Crippen LogP contribution in [0.5, 0.6) is 0 Å². The number of hydrogen-bond donors (Lipinski definition) is 2. The largest absolute Gasteiger partial charge is 0.394 e. The molecule has 4 nitrogen and oxygen atoms in total. The summed E-state index contributed by atoms with van der Waals surface area (Å²) in [5, 5.41) is 16.1. The average Bonchev–Trinajstić information content (AvgIpc) is 2.76. The van der Waals surface area contributed by atoms with Crippen molar-refractivity contribution in [2.45, 2.75) is 13.1 Å². The van der Waals surface area contributed by atoms with Gasteiger partial charge in [-0.3, -0.25) is 4.68 Å². The first-order valence-electron chi connectivity index (χ1n) is 5.50. The molecule has 0 fully saturated rings. The Bertz CT molecular complexity index is 530. The van der Waals surface area contributed by atoms with Gasteiger partial charge in [-0.05, 0) is 40.8 Å². The fourth-order valence-electron chi connectivity index (χ4n) is 1.55. The highest BCUT2D eigenvalue weighted by Gasteiger charge is 2.02. The highest BCUT2D eigenvalue weighted by molar-refractivity contribution is 14.1. The van der Waals surface area contributed by atoms with Crippen molar-refractivity contribution >= 4 is 28.3 Å². The van der Waals surface area contributed by atoms with Crippen LogP contribution in [0.2, 0.25) is 0 Å². The number of benzene rings is 1. The summed E-state index contributed by atoms with van der Waals surface area (Å²) < 4.78 is 15.5. The molecule has 0 amide bonds. The van der Waals surface area contributed by atoms with E-state index in [9.17, 15) is 4.39 Å². The molecule has 0 aliphatic heterocycles. The quantitative estimate of drug-likeness (QED) is 0.804. The molecule has 2 rings (SSSR count). The van der Waals surface area contributed by atoms with E-state index in [2.05, 4.69) is 33.0 Å². The minimum Gasteiger partial charge on any atom is -0.394 e. The van der Waals surface area contributed by atoms with Gasteiger partial charge in [-0.15, -0.1) is 0 Å². The van der Waals surface area contributed by atoms with E-state index in [-0.39, 0.29) is 12.4 Å². The molecule has 0 bridgehead atoms. The van der Waals surface area contributed by atoms with E-state index in [0.717, 1.165) is 14.8 Å². The number of anilines is 1. The minimum absolute atomic E-state index is 0.0738. The first-order valence-corrected chi connectivity index (χ1v) is 6.58. The lowest BCUT2D eigenvalue weighted by Gasteiger charge is -2.07. The molecule has 2 aromatic rings. The van der Waals surface area contributed by atoms with Gasteiger partial charge < -0.3 is 10.4 Å².